The molecule has 4 aromatic rings. The quantitative estimate of drug-likeness (QED) is 0.182. The van der Waals surface area contributed by atoms with Gasteiger partial charge in [-0.2, -0.15) is 0 Å². The van der Waals surface area contributed by atoms with Gasteiger partial charge in [-0.1, -0.05) is 95.3 Å². The molecule has 0 spiro atoms. The number of aliphatic carboxylic acids is 1. The number of hydrogen-bond acceptors (Lipinski definition) is 3. The average molecular weight is 557 g/mol. The standard InChI is InChI=1S/C33H37FN2O3Si/c1-23(2)17-26(32(37)38)18-25-19-29(34)31(36-21-24(3)35-22-36)30(20-25)39-40(33(4,5)6,27-13-9-7-10-14-27)28-15-11-8-12-16-28/h7-16,18-23H,17H2,1-6H3,(H,37,38)/b26-18+. The number of halogens is 1. The first-order chi connectivity index (χ1) is 18.9. The van der Waals surface area contributed by atoms with Crippen molar-refractivity contribution in [3.05, 3.63) is 108 Å². The zero-order chi connectivity index (χ0) is 29.1. The van der Waals surface area contributed by atoms with Gasteiger partial charge in [0.15, 0.2) is 5.82 Å². The average Bonchev–Trinajstić information content (AvgIpc) is 3.32. The molecule has 1 N–H and O–H groups in total. The molecule has 1 heterocycles. The molecule has 4 rings (SSSR count). The number of aryl methyl sites for hydroxylation is 1. The van der Waals surface area contributed by atoms with Crippen molar-refractivity contribution in [2.45, 2.75) is 53.0 Å². The molecule has 0 fully saturated rings. The van der Waals surface area contributed by atoms with Crippen LogP contribution in [0.15, 0.2) is 90.9 Å². The molecular formula is C33H37FN2O3Si. The van der Waals surface area contributed by atoms with E-state index in [4.69, 9.17) is 4.43 Å². The number of carboxylic acid groups (broad SMARTS) is 1. The van der Waals surface area contributed by atoms with Crippen molar-refractivity contribution in [1.29, 1.82) is 0 Å². The van der Waals surface area contributed by atoms with Gasteiger partial charge >= 0.3 is 14.3 Å². The lowest BCUT2D eigenvalue weighted by Crippen LogP contribution is -2.68. The second-order valence-electron chi connectivity index (χ2n) is 11.6. The topological polar surface area (TPSA) is 64.4 Å². The molecule has 7 heteroatoms. The van der Waals surface area contributed by atoms with Crippen molar-refractivity contribution in [2.24, 2.45) is 5.92 Å². The maximum Gasteiger partial charge on any atom is 0.331 e. The van der Waals surface area contributed by atoms with Crippen LogP contribution in [-0.2, 0) is 4.79 Å². The fraction of sp³-hybridized carbons (Fsp3) is 0.273. The molecule has 5 nitrogen and oxygen atoms in total. The Morgan fingerprint density at radius 3 is 2.08 bits per heavy atom. The summed E-state index contributed by atoms with van der Waals surface area (Å²) >= 11 is 0. The third-order valence-corrected chi connectivity index (χ3v) is 11.9. The monoisotopic (exact) mass is 556 g/mol. The van der Waals surface area contributed by atoms with Gasteiger partial charge < -0.3 is 14.1 Å². The van der Waals surface area contributed by atoms with Gasteiger partial charge in [-0.3, -0.25) is 0 Å². The van der Waals surface area contributed by atoms with Crippen LogP contribution < -0.4 is 14.8 Å². The Balaban J connectivity index is 2.03. The van der Waals surface area contributed by atoms with Gasteiger partial charge in [0.25, 0.3) is 0 Å². The lowest BCUT2D eigenvalue weighted by molar-refractivity contribution is -0.132. The Labute approximate surface area is 237 Å². The Morgan fingerprint density at radius 1 is 1.05 bits per heavy atom. The van der Waals surface area contributed by atoms with E-state index in [1.807, 2.05) is 57.2 Å². The van der Waals surface area contributed by atoms with E-state index in [1.54, 1.807) is 29.2 Å². The molecule has 40 heavy (non-hydrogen) atoms. The molecular weight excluding hydrogens is 519 g/mol. The molecule has 1 aromatic heterocycles. The molecule has 0 atom stereocenters. The number of nitrogens with zero attached hydrogens (tertiary/aromatic N) is 2. The summed E-state index contributed by atoms with van der Waals surface area (Å²) in [5, 5.41) is 11.6. The summed E-state index contributed by atoms with van der Waals surface area (Å²) in [4.78, 5) is 16.4. The fourth-order valence-corrected chi connectivity index (χ4v) is 9.63. The van der Waals surface area contributed by atoms with Gasteiger partial charge in [0.05, 0.1) is 12.0 Å². The van der Waals surface area contributed by atoms with E-state index in [9.17, 15) is 9.90 Å². The summed E-state index contributed by atoms with van der Waals surface area (Å²) in [5.74, 6) is -1.06. The first-order valence-corrected chi connectivity index (χ1v) is 15.4. The Kier molecular flexibility index (Phi) is 8.44. The number of hydrogen-bond donors (Lipinski definition) is 1. The molecule has 208 valence electrons. The molecule has 0 aliphatic heterocycles. The first-order valence-electron chi connectivity index (χ1n) is 13.5. The molecule has 0 aliphatic rings. The van der Waals surface area contributed by atoms with Crippen LogP contribution in [0.25, 0.3) is 11.8 Å². The highest BCUT2D eigenvalue weighted by Crippen LogP contribution is 2.40. The van der Waals surface area contributed by atoms with Crippen molar-refractivity contribution in [3.8, 4) is 11.4 Å². The number of benzene rings is 3. The predicted molar refractivity (Wildman–Crippen MR) is 162 cm³/mol. The Hall–Kier alpha value is -3.97. The van der Waals surface area contributed by atoms with Crippen molar-refractivity contribution < 1.29 is 18.7 Å². The lowest BCUT2D eigenvalue weighted by atomic mass is 10.0. The van der Waals surface area contributed by atoms with Gasteiger partial charge in [-0.25, -0.2) is 14.2 Å². The van der Waals surface area contributed by atoms with E-state index >= 15 is 4.39 Å². The number of aromatic nitrogens is 2. The van der Waals surface area contributed by atoms with Crippen LogP contribution in [0.2, 0.25) is 5.04 Å². The van der Waals surface area contributed by atoms with Crippen molar-refractivity contribution in [2.75, 3.05) is 0 Å². The molecule has 0 radical (unpaired) electrons. The SMILES string of the molecule is Cc1cn(-c2c(F)cc(/C=C(\CC(C)C)C(=O)O)cc2O[Si](c2ccccc2)(c2ccccc2)C(C)(C)C)cn1. The third-order valence-electron chi connectivity index (χ3n) is 6.94. The summed E-state index contributed by atoms with van der Waals surface area (Å²) < 4.78 is 25.0. The van der Waals surface area contributed by atoms with Gasteiger partial charge in [0, 0.05) is 11.8 Å². The van der Waals surface area contributed by atoms with E-state index < -0.39 is 20.1 Å². The van der Waals surface area contributed by atoms with Crippen LogP contribution in [0.1, 0.15) is 52.3 Å². The van der Waals surface area contributed by atoms with E-state index in [0.29, 0.717) is 17.7 Å². The molecule has 0 saturated heterocycles. The molecule has 0 aliphatic carbocycles. The zero-order valence-electron chi connectivity index (χ0n) is 24.0. The van der Waals surface area contributed by atoms with Crippen molar-refractivity contribution in [1.82, 2.24) is 9.55 Å². The molecule has 3 aromatic carbocycles. The van der Waals surface area contributed by atoms with Gasteiger partial charge in [0.1, 0.15) is 11.4 Å². The van der Waals surface area contributed by atoms with E-state index in [0.717, 1.165) is 16.1 Å². The van der Waals surface area contributed by atoms with E-state index in [1.165, 1.54) is 6.07 Å². The highest BCUT2D eigenvalue weighted by atomic mass is 28.4. The summed E-state index contributed by atoms with van der Waals surface area (Å²) in [6.07, 6.45) is 5.24. The van der Waals surface area contributed by atoms with Crippen molar-refractivity contribution in [3.63, 3.8) is 0 Å². The maximum atomic E-state index is 16.1. The molecule has 0 bridgehead atoms. The smallest absolute Gasteiger partial charge is 0.331 e. The summed E-state index contributed by atoms with van der Waals surface area (Å²) in [5.41, 5.74) is 1.64. The number of carbonyl (C=O) groups is 1. The normalized spacial score (nSPS) is 12.6. The van der Waals surface area contributed by atoms with Crippen LogP contribution in [0.5, 0.6) is 5.75 Å². The van der Waals surface area contributed by atoms with Crippen LogP contribution in [0, 0.1) is 18.7 Å². The van der Waals surface area contributed by atoms with E-state index in [2.05, 4.69) is 50.0 Å². The van der Waals surface area contributed by atoms with Gasteiger partial charge in [-0.15, -0.1) is 0 Å². The Bertz CT molecular complexity index is 1470. The summed E-state index contributed by atoms with van der Waals surface area (Å²) in [6, 6.07) is 23.4. The predicted octanol–water partition coefficient (Wildman–Crippen LogP) is 6.77. The molecule has 0 amide bonds. The number of imidazole rings is 1. The lowest BCUT2D eigenvalue weighted by Gasteiger charge is -2.43. The maximum absolute atomic E-state index is 16.1. The molecule has 0 saturated carbocycles. The minimum Gasteiger partial charge on any atom is -0.532 e. The van der Waals surface area contributed by atoms with Crippen LogP contribution in [0.4, 0.5) is 4.39 Å². The summed E-state index contributed by atoms with van der Waals surface area (Å²) in [7, 11) is -3.12. The Morgan fingerprint density at radius 2 is 1.62 bits per heavy atom. The van der Waals surface area contributed by atoms with Crippen LogP contribution >= 0.6 is 0 Å². The minimum absolute atomic E-state index is 0.133. The van der Waals surface area contributed by atoms with Crippen LogP contribution in [0.3, 0.4) is 0 Å². The number of rotatable bonds is 9. The first kappa shape index (κ1) is 29.0. The van der Waals surface area contributed by atoms with Gasteiger partial charge in [0.2, 0.25) is 0 Å². The summed E-state index contributed by atoms with van der Waals surface area (Å²) in [6.45, 7) is 12.2. The second-order valence-corrected chi connectivity index (χ2v) is 15.8. The minimum atomic E-state index is -3.12. The fourth-order valence-electron chi connectivity index (χ4n) is 5.21. The van der Waals surface area contributed by atoms with Crippen LogP contribution in [-0.4, -0.2) is 28.9 Å². The highest BCUT2D eigenvalue weighted by molar-refractivity contribution is 7.00. The zero-order valence-corrected chi connectivity index (χ0v) is 25.0. The van der Waals surface area contributed by atoms with Crippen molar-refractivity contribution >= 4 is 30.7 Å². The number of carboxylic acids is 1. The molecule has 0 unspecified atom stereocenters. The highest BCUT2D eigenvalue weighted by Gasteiger charge is 2.52. The van der Waals surface area contributed by atoms with Gasteiger partial charge in [-0.05, 0) is 58.4 Å². The third kappa shape index (κ3) is 5.94. The van der Waals surface area contributed by atoms with E-state index in [-0.39, 0.29) is 22.2 Å². The second kappa shape index (κ2) is 11.6. The largest absolute Gasteiger partial charge is 0.532 e.